The summed E-state index contributed by atoms with van der Waals surface area (Å²) in [7, 11) is 0. The zero-order valence-corrected chi connectivity index (χ0v) is 10.3. The van der Waals surface area contributed by atoms with Crippen molar-refractivity contribution in [1.82, 2.24) is 0 Å². The minimum atomic E-state index is -0.694. The number of rotatable bonds is 2. The zero-order valence-electron chi connectivity index (χ0n) is 10.3. The maximum atomic E-state index is 13.2. The van der Waals surface area contributed by atoms with Crippen LogP contribution in [0.4, 0.5) is 8.78 Å². The smallest absolute Gasteiger partial charge is 0.280 e. The van der Waals surface area contributed by atoms with Gasteiger partial charge in [0, 0.05) is 11.6 Å². The van der Waals surface area contributed by atoms with Crippen LogP contribution >= 0.6 is 0 Å². The maximum Gasteiger partial charge on any atom is 0.280 e. The highest BCUT2D eigenvalue weighted by molar-refractivity contribution is 6.02. The molecule has 20 heavy (non-hydrogen) atoms. The first kappa shape index (κ1) is 13.7. The van der Waals surface area contributed by atoms with Gasteiger partial charge >= 0.3 is 0 Å². The Kier molecular flexibility index (Phi) is 3.74. The summed E-state index contributed by atoms with van der Waals surface area (Å²) in [4.78, 5) is 15.1. The summed E-state index contributed by atoms with van der Waals surface area (Å²) in [5.41, 5.74) is 11.3. The van der Waals surface area contributed by atoms with Gasteiger partial charge in [0.05, 0.1) is 0 Å². The van der Waals surface area contributed by atoms with Crippen molar-refractivity contribution in [2.45, 2.75) is 0 Å². The van der Waals surface area contributed by atoms with E-state index in [1.54, 1.807) is 12.1 Å². The third-order valence-electron chi connectivity index (χ3n) is 2.54. The molecule has 2 rings (SSSR count). The Morgan fingerprint density at radius 3 is 2.20 bits per heavy atom. The topological polar surface area (TPSA) is 81.5 Å². The van der Waals surface area contributed by atoms with Gasteiger partial charge in [-0.15, -0.1) is 0 Å². The van der Waals surface area contributed by atoms with Crippen molar-refractivity contribution in [3.8, 4) is 11.1 Å². The second-order valence-electron chi connectivity index (χ2n) is 4.08. The molecule has 0 aliphatic carbocycles. The number of hydrogen-bond donors (Lipinski definition) is 2. The van der Waals surface area contributed by atoms with Crippen molar-refractivity contribution < 1.29 is 13.6 Å². The number of aliphatic imine (C=N–C) groups is 1. The standard InChI is InChI=1S/C14H11F2N3O/c15-11-5-10(6-12(16)7-11)8-2-1-3-9(4-8)13(20)19-14(17)18/h1-7H,(H4,17,18,19,20). The van der Waals surface area contributed by atoms with E-state index in [1.165, 1.54) is 24.3 Å². The van der Waals surface area contributed by atoms with E-state index in [1.807, 2.05) is 0 Å². The highest BCUT2D eigenvalue weighted by Gasteiger charge is 2.08. The molecule has 4 N–H and O–H groups in total. The largest absolute Gasteiger partial charge is 0.370 e. The minimum Gasteiger partial charge on any atom is -0.370 e. The van der Waals surface area contributed by atoms with Crippen LogP contribution < -0.4 is 11.5 Å². The predicted octanol–water partition coefficient (Wildman–Crippen LogP) is 2.05. The number of carbonyl (C=O) groups excluding carboxylic acids is 1. The lowest BCUT2D eigenvalue weighted by Crippen LogP contribution is -2.24. The number of hydrogen-bond acceptors (Lipinski definition) is 1. The van der Waals surface area contributed by atoms with Crippen molar-refractivity contribution in [2.24, 2.45) is 16.5 Å². The van der Waals surface area contributed by atoms with E-state index in [9.17, 15) is 13.6 Å². The van der Waals surface area contributed by atoms with Crippen LogP contribution in [0.5, 0.6) is 0 Å². The third kappa shape index (κ3) is 3.17. The Balaban J connectivity index is 2.44. The molecule has 2 aromatic rings. The van der Waals surface area contributed by atoms with E-state index in [-0.39, 0.29) is 11.5 Å². The monoisotopic (exact) mass is 275 g/mol. The molecule has 0 spiro atoms. The molecular formula is C14H11F2N3O. The van der Waals surface area contributed by atoms with E-state index in [2.05, 4.69) is 4.99 Å². The molecule has 6 heteroatoms. The molecule has 0 bridgehead atoms. The van der Waals surface area contributed by atoms with E-state index in [4.69, 9.17) is 11.5 Å². The van der Waals surface area contributed by atoms with Crippen LogP contribution in [0.15, 0.2) is 47.5 Å². The van der Waals surface area contributed by atoms with Crippen LogP contribution in [0, 0.1) is 11.6 Å². The summed E-state index contributed by atoms with van der Waals surface area (Å²) in [6, 6.07) is 9.30. The summed E-state index contributed by atoms with van der Waals surface area (Å²) in [6.45, 7) is 0. The molecule has 0 saturated carbocycles. The van der Waals surface area contributed by atoms with E-state index >= 15 is 0 Å². The molecule has 0 heterocycles. The van der Waals surface area contributed by atoms with Gasteiger partial charge in [0.2, 0.25) is 0 Å². The first-order valence-electron chi connectivity index (χ1n) is 5.66. The van der Waals surface area contributed by atoms with Gasteiger partial charge in [0.25, 0.3) is 5.91 Å². The summed E-state index contributed by atoms with van der Waals surface area (Å²) in [6.07, 6.45) is 0. The molecule has 0 unspecified atom stereocenters. The molecule has 0 aliphatic rings. The van der Waals surface area contributed by atoms with Crippen LogP contribution in [0.25, 0.3) is 11.1 Å². The summed E-state index contributed by atoms with van der Waals surface area (Å²) >= 11 is 0. The van der Waals surface area contributed by atoms with Gasteiger partial charge in [0.15, 0.2) is 5.96 Å². The molecule has 0 aliphatic heterocycles. The number of nitrogens with zero attached hydrogens (tertiary/aromatic N) is 1. The number of guanidine groups is 1. The summed E-state index contributed by atoms with van der Waals surface area (Å²) < 4.78 is 26.4. The van der Waals surface area contributed by atoms with Crippen molar-refractivity contribution >= 4 is 11.9 Å². The lowest BCUT2D eigenvalue weighted by atomic mass is 10.0. The molecule has 0 fully saturated rings. The SMILES string of the molecule is NC(N)=NC(=O)c1cccc(-c2cc(F)cc(F)c2)c1. The van der Waals surface area contributed by atoms with Crippen LogP contribution in [0.2, 0.25) is 0 Å². The first-order chi connectivity index (χ1) is 9.45. The van der Waals surface area contributed by atoms with Gasteiger partial charge in [-0.2, -0.15) is 4.99 Å². The number of carbonyl (C=O) groups is 1. The van der Waals surface area contributed by atoms with Crippen LogP contribution in [0.3, 0.4) is 0 Å². The molecule has 102 valence electrons. The van der Waals surface area contributed by atoms with Gasteiger partial charge in [-0.25, -0.2) is 8.78 Å². The van der Waals surface area contributed by atoms with Crippen LogP contribution in [-0.2, 0) is 0 Å². The molecule has 2 aromatic carbocycles. The molecule has 0 aromatic heterocycles. The fourth-order valence-corrected chi connectivity index (χ4v) is 1.73. The molecule has 0 radical (unpaired) electrons. The highest BCUT2D eigenvalue weighted by Crippen LogP contribution is 2.23. The predicted molar refractivity (Wildman–Crippen MR) is 71.9 cm³/mol. The second-order valence-corrected chi connectivity index (χ2v) is 4.08. The Morgan fingerprint density at radius 1 is 0.950 bits per heavy atom. The van der Waals surface area contributed by atoms with Gasteiger partial charge in [0.1, 0.15) is 11.6 Å². The number of nitrogens with two attached hydrogens (primary N) is 2. The molecule has 1 amide bonds. The number of halogens is 2. The van der Waals surface area contributed by atoms with Crippen LogP contribution in [0.1, 0.15) is 10.4 Å². The summed E-state index contributed by atoms with van der Waals surface area (Å²) in [5, 5.41) is 0. The maximum absolute atomic E-state index is 13.2. The molecule has 4 nitrogen and oxygen atoms in total. The average Bonchev–Trinajstić information content (AvgIpc) is 2.37. The first-order valence-corrected chi connectivity index (χ1v) is 5.66. The highest BCUT2D eigenvalue weighted by atomic mass is 19.1. The van der Waals surface area contributed by atoms with Crippen molar-refractivity contribution in [1.29, 1.82) is 0 Å². The number of benzene rings is 2. The lowest BCUT2D eigenvalue weighted by molar-refractivity contribution is 0.100. The average molecular weight is 275 g/mol. The fraction of sp³-hybridized carbons (Fsp3) is 0. The third-order valence-corrected chi connectivity index (χ3v) is 2.54. The summed E-state index contributed by atoms with van der Waals surface area (Å²) in [5.74, 6) is -2.36. The van der Waals surface area contributed by atoms with Crippen molar-refractivity contribution in [3.05, 3.63) is 59.7 Å². The normalized spacial score (nSPS) is 10.1. The Labute approximate surface area is 113 Å². The molecule has 0 saturated heterocycles. The van der Waals surface area contributed by atoms with Crippen LogP contribution in [-0.4, -0.2) is 11.9 Å². The number of amides is 1. The lowest BCUT2D eigenvalue weighted by Gasteiger charge is -2.04. The Hall–Kier alpha value is -2.76. The van der Waals surface area contributed by atoms with Crippen molar-refractivity contribution in [2.75, 3.05) is 0 Å². The van der Waals surface area contributed by atoms with Crippen molar-refractivity contribution in [3.63, 3.8) is 0 Å². The zero-order chi connectivity index (χ0) is 14.7. The van der Waals surface area contributed by atoms with E-state index < -0.39 is 17.5 Å². The van der Waals surface area contributed by atoms with E-state index in [0.717, 1.165) is 6.07 Å². The molecule has 0 atom stereocenters. The van der Waals surface area contributed by atoms with Gasteiger partial charge in [-0.3, -0.25) is 4.79 Å². The minimum absolute atomic E-state index is 0.223. The Bertz CT molecular complexity index is 674. The van der Waals surface area contributed by atoms with Gasteiger partial charge < -0.3 is 11.5 Å². The quantitative estimate of drug-likeness (QED) is 0.650. The van der Waals surface area contributed by atoms with Gasteiger partial charge in [-0.1, -0.05) is 12.1 Å². The van der Waals surface area contributed by atoms with E-state index in [0.29, 0.717) is 11.1 Å². The fourth-order valence-electron chi connectivity index (χ4n) is 1.73. The molecular weight excluding hydrogens is 264 g/mol. The second kappa shape index (κ2) is 5.48. The van der Waals surface area contributed by atoms with Gasteiger partial charge in [-0.05, 0) is 35.4 Å². The Morgan fingerprint density at radius 2 is 1.60 bits per heavy atom.